The van der Waals surface area contributed by atoms with Crippen molar-refractivity contribution in [2.24, 2.45) is 4.99 Å². The molecule has 5 nitrogen and oxygen atoms in total. The van der Waals surface area contributed by atoms with Gasteiger partial charge in [0.2, 0.25) is 0 Å². The first-order valence-corrected chi connectivity index (χ1v) is 2.95. The summed E-state index contributed by atoms with van der Waals surface area (Å²) in [6.45, 7) is 2.57. The van der Waals surface area contributed by atoms with Crippen molar-refractivity contribution < 1.29 is 19.8 Å². The molecule has 0 aliphatic rings. The van der Waals surface area contributed by atoms with Crippen molar-refractivity contribution in [3.05, 3.63) is 0 Å². The molecule has 0 aromatic heterocycles. The van der Waals surface area contributed by atoms with Crippen molar-refractivity contribution in [2.75, 3.05) is 0 Å². The predicted molar refractivity (Wildman–Crippen MR) is 37.8 cm³/mol. The molecular formula is C6H9NO4. The van der Waals surface area contributed by atoms with E-state index in [2.05, 4.69) is 4.99 Å². The second-order valence-electron chi connectivity index (χ2n) is 2.03. The zero-order valence-electron chi connectivity index (χ0n) is 6.24. The second kappa shape index (κ2) is 3.70. The Balaban J connectivity index is 4.31. The van der Waals surface area contributed by atoms with E-state index in [1.165, 1.54) is 13.8 Å². The second-order valence-corrected chi connectivity index (χ2v) is 2.03. The van der Waals surface area contributed by atoms with Gasteiger partial charge in [0.05, 0.1) is 0 Å². The summed E-state index contributed by atoms with van der Waals surface area (Å²) < 4.78 is 0. The predicted octanol–water partition coefficient (Wildman–Crippen LogP) is 0.00500. The fourth-order valence-corrected chi connectivity index (χ4v) is 0.401. The van der Waals surface area contributed by atoms with E-state index in [1.54, 1.807) is 0 Å². The number of carboxylic acid groups (broad SMARTS) is 2. The van der Waals surface area contributed by atoms with Crippen molar-refractivity contribution in [3.63, 3.8) is 0 Å². The lowest BCUT2D eigenvalue weighted by Crippen LogP contribution is -2.18. The van der Waals surface area contributed by atoms with Crippen LogP contribution in [0.15, 0.2) is 4.99 Å². The highest BCUT2D eigenvalue weighted by Gasteiger charge is 2.10. The maximum atomic E-state index is 10.2. The van der Waals surface area contributed by atoms with E-state index in [9.17, 15) is 9.59 Å². The zero-order valence-corrected chi connectivity index (χ0v) is 6.24. The van der Waals surface area contributed by atoms with Gasteiger partial charge in [0.1, 0.15) is 11.8 Å². The fourth-order valence-electron chi connectivity index (χ4n) is 0.401. The van der Waals surface area contributed by atoms with Crippen molar-refractivity contribution in [2.45, 2.75) is 19.9 Å². The van der Waals surface area contributed by atoms with Crippen LogP contribution in [0.4, 0.5) is 0 Å². The first-order valence-electron chi connectivity index (χ1n) is 2.95. The summed E-state index contributed by atoms with van der Waals surface area (Å²) in [5, 5.41) is 16.6. The molecule has 0 saturated carbocycles. The lowest BCUT2D eigenvalue weighted by atomic mass is 10.3. The van der Waals surface area contributed by atoms with Crippen LogP contribution in [0.5, 0.6) is 0 Å². The lowest BCUT2D eigenvalue weighted by Gasteiger charge is -1.98. The fraction of sp³-hybridized carbons (Fsp3) is 0.500. The van der Waals surface area contributed by atoms with Gasteiger partial charge < -0.3 is 10.2 Å². The number of carboxylic acids is 2. The van der Waals surface area contributed by atoms with E-state index >= 15 is 0 Å². The Bertz CT molecular complexity index is 209. The first-order chi connectivity index (χ1) is 4.95. The minimum absolute atomic E-state index is 0.195. The summed E-state index contributed by atoms with van der Waals surface area (Å²) in [5.41, 5.74) is -0.195. The van der Waals surface area contributed by atoms with Crippen LogP contribution in [0.1, 0.15) is 13.8 Å². The van der Waals surface area contributed by atoms with E-state index in [4.69, 9.17) is 10.2 Å². The van der Waals surface area contributed by atoms with Crippen molar-refractivity contribution in [3.8, 4) is 0 Å². The molecule has 1 unspecified atom stereocenters. The summed E-state index contributed by atoms with van der Waals surface area (Å²) >= 11 is 0. The molecule has 0 radical (unpaired) electrons. The molecule has 0 aliphatic carbocycles. The van der Waals surface area contributed by atoms with E-state index in [-0.39, 0.29) is 5.71 Å². The van der Waals surface area contributed by atoms with Gasteiger partial charge >= 0.3 is 11.9 Å². The molecule has 0 saturated heterocycles. The Morgan fingerprint density at radius 2 is 1.82 bits per heavy atom. The van der Waals surface area contributed by atoms with Gasteiger partial charge in [-0.25, -0.2) is 9.59 Å². The number of hydrogen-bond donors (Lipinski definition) is 2. The van der Waals surface area contributed by atoms with Crippen LogP contribution in [-0.4, -0.2) is 33.9 Å². The van der Waals surface area contributed by atoms with E-state index < -0.39 is 18.0 Å². The average molecular weight is 159 g/mol. The van der Waals surface area contributed by atoms with Crippen LogP contribution in [-0.2, 0) is 9.59 Å². The van der Waals surface area contributed by atoms with Gasteiger partial charge in [0.15, 0.2) is 0 Å². The van der Waals surface area contributed by atoms with E-state index in [1.807, 2.05) is 0 Å². The molecule has 0 amide bonds. The molecule has 0 aliphatic heterocycles. The van der Waals surface area contributed by atoms with Gasteiger partial charge in [0, 0.05) is 0 Å². The molecule has 0 bridgehead atoms. The van der Waals surface area contributed by atoms with Gasteiger partial charge in [-0.05, 0) is 13.8 Å². The molecule has 1 atom stereocenters. The molecule has 0 rings (SSSR count). The summed E-state index contributed by atoms with van der Waals surface area (Å²) in [6, 6.07) is -0.994. The summed E-state index contributed by atoms with van der Waals surface area (Å²) in [5.74, 6) is -2.33. The number of hydrogen-bond acceptors (Lipinski definition) is 3. The van der Waals surface area contributed by atoms with Gasteiger partial charge in [0.25, 0.3) is 0 Å². The molecule has 0 spiro atoms. The summed E-state index contributed by atoms with van der Waals surface area (Å²) in [6.07, 6.45) is 0. The van der Waals surface area contributed by atoms with E-state index in [0.29, 0.717) is 0 Å². The molecule has 2 N–H and O–H groups in total. The minimum Gasteiger partial charge on any atom is -0.480 e. The third-order valence-corrected chi connectivity index (χ3v) is 1.05. The highest BCUT2D eigenvalue weighted by molar-refractivity contribution is 6.34. The van der Waals surface area contributed by atoms with Crippen LogP contribution in [0, 0.1) is 0 Å². The van der Waals surface area contributed by atoms with Crippen molar-refractivity contribution in [1.82, 2.24) is 0 Å². The van der Waals surface area contributed by atoms with Crippen molar-refractivity contribution >= 4 is 17.7 Å². The quantitative estimate of drug-likeness (QED) is 0.567. The lowest BCUT2D eigenvalue weighted by molar-refractivity contribution is -0.137. The third kappa shape index (κ3) is 3.34. The average Bonchev–Trinajstić information content (AvgIpc) is 1.87. The standard InChI is InChI=1S/C6H9NO4/c1-3(5(8)9)7-4(2)6(10)11/h3H,1-2H3,(H,8,9)(H,10,11). The largest absolute Gasteiger partial charge is 0.480 e. The molecule has 0 fully saturated rings. The molecule has 62 valence electrons. The molecule has 11 heavy (non-hydrogen) atoms. The maximum absolute atomic E-state index is 10.2. The van der Waals surface area contributed by atoms with Crippen LogP contribution in [0.25, 0.3) is 0 Å². The zero-order chi connectivity index (χ0) is 9.02. The topological polar surface area (TPSA) is 87.0 Å². The highest BCUT2D eigenvalue weighted by atomic mass is 16.4. The smallest absolute Gasteiger partial charge is 0.349 e. The maximum Gasteiger partial charge on any atom is 0.349 e. The van der Waals surface area contributed by atoms with Gasteiger partial charge in [-0.1, -0.05) is 0 Å². The Kier molecular flexibility index (Phi) is 3.23. The number of aliphatic carboxylic acids is 2. The Morgan fingerprint density at radius 3 is 2.09 bits per heavy atom. The monoisotopic (exact) mass is 159 g/mol. The molecule has 5 heteroatoms. The SMILES string of the molecule is CC(=NC(C)C(=O)O)C(=O)O. The van der Waals surface area contributed by atoms with Gasteiger partial charge in [-0.15, -0.1) is 0 Å². The normalized spacial score (nSPS) is 14.2. The van der Waals surface area contributed by atoms with Crippen LogP contribution in [0.2, 0.25) is 0 Å². The molecular weight excluding hydrogens is 150 g/mol. The van der Waals surface area contributed by atoms with Crippen molar-refractivity contribution in [1.29, 1.82) is 0 Å². The first kappa shape index (κ1) is 9.61. The summed E-state index contributed by atoms with van der Waals surface area (Å²) in [4.78, 5) is 23.7. The Morgan fingerprint density at radius 1 is 1.36 bits per heavy atom. The van der Waals surface area contributed by atoms with Gasteiger partial charge in [-0.3, -0.25) is 4.99 Å². The Hall–Kier alpha value is -1.39. The molecule has 0 aromatic carbocycles. The third-order valence-electron chi connectivity index (χ3n) is 1.05. The number of rotatable bonds is 3. The van der Waals surface area contributed by atoms with Crippen LogP contribution < -0.4 is 0 Å². The molecule has 0 heterocycles. The Labute approximate surface area is 63.4 Å². The number of nitrogens with zero attached hydrogens (tertiary/aromatic N) is 1. The number of carbonyl (C=O) groups is 2. The number of aliphatic imine (C=N–C) groups is 1. The van der Waals surface area contributed by atoms with Gasteiger partial charge in [-0.2, -0.15) is 0 Å². The summed E-state index contributed by atoms with van der Waals surface area (Å²) in [7, 11) is 0. The van der Waals surface area contributed by atoms with E-state index in [0.717, 1.165) is 0 Å². The van der Waals surface area contributed by atoms with Crippen LogP contribution >= 0.6 is 0 Å². The molecule has 0 aromatic rings. The minimum atomic E-state index is -1.20. The van der Waals surface area contributed by atoms with Crippen LogP contribution in [0.3, 0.4) is 0 Å². The highest BCUT2D eigenvalue weighted by Crippen LogP contribution is 1.90.